The van der Waals surface area contributed by atoms with E-state index in [1.165, 1.54) is 6.07 Å². The average molecular weight is 204 g/mol. The first-order valence-corrected chi connectivity index (χ1v) is 4.65. The fraction of sp³-hybridized carbons (Fsp3) is 0.167. The van der Waals surface area contributed by atoms with E-state index in [2.05, 4.69) is 9.97 Å². The van der Waals surface area contributed by atoms with Crippen LogP contribution in [0.3, 0.4) is 0 Å². The molecule has 0 unspecified atom stereocenters. The third kappa shape index (κ3) is 4.31. The molecular formula is C12H13FN2. The smallest absolute Gasteiger partial charge is 0.144 e. The summed E-state index contributed by atoms with van der Waals surface area (Å²) >= 11 is 0. The van der Waals surface area contributed by atoms with E-state index in [9.17, 15) is 4.39 Å². The number of nitrogens with zero attached hydrogens (tertiary/aromatic N) is 2. The first kappa shape index (κ1) is 11.3. The number of aryl methyl sites for hydroxylation is 2. The lowest BCUT2D eigenvalue weighted by Gasteiger charge is -1.88. The van der Waals surface area contributed by atoms with Crippen LogP contribution in [0.5, 0.6) is 0 Å². The number of hydrogen-bond acceptors (Lipinski definition) is 2. The summed E-state index contributed by atoms with van der Waals surface area (Å²) < 4.78 is 12.3. The third-order valence-electron chi connectivity index (χ3n) is 1.76. The zero-order chi connectivity index (χ0) is 11.1. The van der Waals surface area contributed by atoms with E-state index in [0.717, 1.165) is 5.69 Å². The molecule has 15 heavy (non-hydrogen) atoms. The fourth-order valence-electron chi connectivity index (χ4n) is 0.913. The van der Waals surface area contributed by atoms with Crippen molar-refractivity contribution in [3.05, 3.63) is 59.9 Å². The van der Waals surface area contributed by atoms with Gasteiger partial charge in [0, 0.05) is 18.1 Å². The Morgan fingerprint density at radius 2 is 1.67 bits per heavy atom. The lowest BCUT2D eigenvalue weighted by atomic mass is 10.4. The Balaban J connectivity index is 0.000000151. The van der Waals surface area contributed by atoms with Gasteiger partial charge in [-0.25, -0.2) is 4.39 Å². The van der Waals surface area contributed by atoms with E-state index in [1.54, 1.807) is 25.4 Å². The van der Waals surface area contributed by atoms with Crippen LogP contribution in [0.25, 0.3) is 0 Å². The van der Waals surface area contributed by atoms with Gasteiger partial charge in [-0.1, -0.05) is 6.07 Å². The Morgan fingerprint density at radius 3 is 2.00 bits per heavy atom. The molecule has 0 aliphatic carbocycles. The maximum Gasteiger partial charge on any atom is 0.144 e. The molecule has 0 aliphatic heterocycles. The Hall–Kier alpha value is -1.77. The topological polar surface area (TPSA) is 25.8 Å². The quantitative estimate of drug-likeness (QED) is 0.659. The highest BCUT2D eigenvalue weighted by atomic mass is 19.1. The molecule has 3 heteroatoms. The number of pyridine rings is 2. The minimum Gasteiger partial charge on any atom is -0.262 e. The van der Waals surface area contributed by atoms with E-state index < -0.39 is 0 Å². The normalized spacial score (nSPS) is 9.00. The third-order valence-corrected chi connectivity index (χ3v) is 1.76. The van der Waals surface area contributed by atoms with Crippen LogP contribution in [-0.2, 0) is 0 Å². The molecule has 0 fully saturated rings. The molecule has 0 aromatic carbocycles. The monoisotopic (exact) mass is 204 g/mol. The van der Waals surface area contributed by atoms with Crippen molar-refractivity contribution in [3.63, 3.8) is 0 Å². The summed E-state index contributed by atoms with van der Waals surface area (Å²) in [5, 5.41) is 0. The van der Waals surface area contributed by atoms with E-state index in [-0.39, 0.29) is 5.82 Å². The second-order valence-electron chi connectivity index (χ2n) is 3.04. The summed E-state index contributed by atoms with van der Waals surface area (Å²) in [5.74, 6) is -0.243. The lowest BCUT2D eigenvalue weighted by Crippen LogP contribution is -1.82. The molecule has 0 bridgehead atoms. The molecule has 0 amide bonds. The number of aromatic nitrogens is 2. The Labute approximate surface area is 88.8 Å². The van der Waals surface area contributed by atoms with Crippen molar-refractivity contribution in [2.75, 3.05) is 0 Å². The van der Waals surface area contributed by atoms with E-state index in [1.807, 2.05) is 25.1 Å². The van der Waals surface area contributed by atoms with E-state index >= 15 is 0 Å². The standard InChI is InChI=1S/C6H6FN.C6H7N/c1-5-6(7)3-2-4-8-5;1-6-4-2-3-5-7-6/h2-4H,1H3;2-5H,1H3. The molecule has 2 nitrogen and oxygen atoms in total. The molecular weight excluding hydrogens is 191 g/mol. The van der Waals surface area contributed by atoms with Crippen LogP contribution in [0.2, 0.25) is 0 Å². The fourth-order valence-corrected chi connectivity index (χ4v) is 0.913. The van der Waals surface area contributed by atoms with Crippen LogP contribution in [0.15, 0.2) is 42.7 Å². The lowest BCUT2D eigenvalue weighted by molar-refractivity contribution is 0.610. The predicted octanol–water partition coefficient (Wildman–Crippen LogP) is 2.92. The first-order chi connectivity index (χ1) is 7.20. The van der Waals surface area contributed by atoms with Crippen LogP contribution >= 0.6 is 0 Å². The Kier molecular flexibility index (Phi) is 4.41. The molecule has 0 radical (unpaired) electrons. The highest BCUT2D eigenvalue weighted by molar-refractivity contribution is 5.03. The highest BCUT2D eigenvalue weighted by Crippen LogP contribution is 1.97. The molecule has 2 heterocycles. The van der Waals surface area contributed by atoms with Crippen molar-refractivity contribution in [1.29, 1.82) is 0 Å². The number of hydrogen-bond donors (Lipinski definition) is 0. The van der Waals surface area contributed by atoms with Crippen LogP contribution in [0.1, 0.15) is 11.4 Å². The van der Waals surface area contributed by atoms with Gasteiger partial charge in [0.15, 0.2) is 0 Å². The Morgan fingerprint density at radius 1 is 0.933 bits per heavy atom. The molecule has 2 rings (SSSR count). The zero-order valence-electron chi connectivity index (χ0n) is 8.81. The average Bonchev–Trinajstić information content (AvgIpc) is 2.25. The summed E-state index contributed by atoms with van der Waals surface area (Å²) in [6, 6.07) is 8.82. The molecule has 0 saturated carbocycles. The van der Waals surface area contributed by atoms with Gasteiger partial charge in [-0.3, -0.25) is 9.97 Å². The van der Waals surface area contributed by atoms with Gasteiger partial charge >= 0.3 is 0 Å². The van der Waals surface area contributed by atoms with Crippen LogP contribution < -0.4 is 0 Å². The largest absolute Gasteiger partial charge is 0.262 e. The molecule has 0 aliphatic rings. The summed E-state index contributed by atoms with van der Waals surface area (Å²) in [7, 11) is 0. The summed E-state index contributed by atoms with van der Waals surface area (Å²) in [6.45, 7) is 3.61. The van der Waals surface area contributed by atoms with Crippen molar-refractivity contribution >= 4 is 0 Å². The second-order valence-corrected chi connectivity index (χ2v) is 3.04. The van der Waals surface area contributed by atoms with Gasteiger partial charge in [0.1, 0.15) is 5.82 Å². The number of rotatable bonds is 0. The van der Waals surface area contributed by atoms with Gasteiger partial charge in [-0.05, 0) is 38.1 Å². The number of halogens is 1. The van der Waals surface area contributed by atoms with Crippen molar-refractivity contribution < 1.29 is 4.39 Å². The predicted molar refractivity (Wildman–Crippen MR) is 57.9 cm³/mol. The van der Waals surface area contributed by atoms with Crippen molar-refractivity contribution in [3.8, 4) is 0 Å². The zero-order valence-corrected chi connectivity index (χ0v) is 8.81. The van der Waals surface area contributed by atoms with Crippen LogP contribution in [0, 0.1) is 19.7 Å². The van der Waals surface area contributed by atoms with Crippen molar-refractivity contribution in [2.24, 2.45) is 0 Å². The van der Waals surface area contributed by atoms with E-state index in [4.69, 9.17) is 0 Å². The summed E-state index contributed by atoms with van der Waals surface area (Å²) in [6.07, 6.45) is 3.35. The molecule has 0 atom stereocenters. The molecule has 0 N–H and O–H groups in total. The van der Waals surface area contributed by atoms with Gasteiger partial charge in [0.25, 0.3) is 0 Å². The summed E-state index contributed by atoms with van der Waals surface area (Å²) in [5.41, 5.74) is 1.52. The molecule has 0 spiro atoms. The van der Waals surface area contributed by atoms with E-state index in [0.29, 0.717) is 5.69 Å². The molecule has 2 aromatic rings. The Bertz CT molecular complexity index is 380. The molecule has 2 aromatic heterocycles. The second kappa shape index (κ2) is 5.86. The van der Waals surface area contributed by atoms with Gasteiger partial charge < -0.3 is 0 Å². The molecule has 78 valence electrons. The van der Waals surface area contributed by atoms with Crippen molar-refractivity contribution in [2.45, 2.75) is 13.8 Å². The van der Waals surface area contributed by atoms with Crippen molar-refractivity contribution in [1.82, 2.24) is 9.97 Å². The minimum atomic E-state index is -0.243. The van der Waals surface area contributed by atoms with Gasteiger partial charge in [0.05, 0.1) is 5.69 Å². The van der Waals surface area contributed by atoms with Crippen LogP contribution in [-0.4, -0.2) is 9.97 Å². The maximum atomic E-state index is 12.3. The minimum absolute atomic E-state index is 0.243. The summed E-state index contributed by atoms with van der Waals surface area (Å²) in [4.78, 5) is 7.68. The molecule has 0 saturated heterocycles. The van der Waals surface area contributed by atoms with Crippen LogP contribution in [0.4, 0.5) is 4.39 Å². The first-order valence-electron chi connectivity index (χ1n) is 4.65. The SMILES string of the molecule is Cc1ccccn1.Cc1ncccc1F. The maximum absolute atomic E-state index is 12.3. The van der Waals surface area contributed by atoms with Gasteiger partial charge in [-0.15, -0.1) is 0 Å². The van der Waals surface area contributed by atoms with Gasteiger partial charge in [-0.2, -0.15) is 0 Å². The van der Waals surface area contributed by atoms with Gasteiger partial charge in [0.2, 0.25) is 0 Å². The highest BCUT2D eigenvalue weighted by Gasteiger charge is 1.90.